The monoisotopic (exact) mass is 160 g/mol. The minimum absolute atomic E-state index is 0.383. The van der Waals surface area contributed by atoms with Gasteiger partial charge in [-0.25, -0.2) is 0 Å². The molecule has 2 heteroatoms. The third-order valence-corrected chi connectivity index (χ3v) is 1.70. The van der Waals surface area contributed by atoms with Crippen LogP contribution in [0.5, 0.6) is 0 Å². The lowest BCUT2D eigenvalue weighted by molar-refractivity contribution is 0.822. The Morgan fingerprint density at radius 1 is 1.58 bits per heavy atom. The van der Waals surface area contributed by atoms with Crippen LogP contribution in [0.2, 0.25) is 0 Å². The van der Waals surface area contributed by atoms with Gasteiger partial charge in [0.15, 0.2) is 0 Å². The Labute approximate surface area is 72.6 Å². The Kier molecular flexibility index (Phi) is 2.84. The second kappa shape index (κ2) is 3.89. The zero-order chi connectivity index (χ0) is 8.97. The molecule has 1 rings (SSSR count). The SMILES string of the molecule is Cc1cccc(CC(N)C#N)c1. The highest BCUT2D eigenvalue weighted by molar-refractivity contribution is 5.23. The average molecular weight is 160 g/mol. The summed E-state index contributed by atoms with van der Waals surface area (Å²) in [7, 11) is 0. The molecule has 1 atom stereocenters. The highest BCUT2D eigenvalue weighted by Crippen LogP contribution is 2.05. The minimum Gasteiger partial charge on any atom is -0.316 e. The highest BCUT2D eigenvalue weighted by Gasteiger charge is 2.00. The smallest absolute Gasteiger partial charge is 0.0968 e. The quantitative estimate of drug-likeness (QED) is 0.710. The minimum atomic E-state index is -0.383. The standard InChI is InChI=1S/C10H12N2/c1-8-3-2-4-9(5-8)6-10(12)7-11/h2-5,10H,6,12H2,1H3. The van der Waals surface area contributed by atoms with Crippen molar-refractivity contribution < 1.29 is 0 Å². The number of nitriles is 1. The molecule has 12 heavy (non-hydrogen) atoms. The molecule has 62 valence electrons. The van der Waals surface area contributed by atoms with E-state index in [1.54, 1.807) is 0 Å². The summed E-state index contributed by atoms with van der Waals surface area (Å²) in [6, 6.07) is 9.68. The van der Waals surface area contributed by atoms with Crippen LogP contribution < -0.4 is 5.73 Å². The van der Waals surface area contributed by atoms with E-state index in [1.807, 2.05) is 31.2 Å². The van der Waals surface area contributed by atoms with Crippen molar-refractivity contribution in [2.45, 2.75) is 19.4 Å². The van der Waals surface area contributed by atoms with E-state index in [0.29, 0.717) is 6.42 Å². The first-order valence-corrected chi connectivity index (χ1v) is 3.93. The number of rotatable bonds is 2. The molecule has 0 bridgehead atoms. The van der Waals surface area contributed by atoms with Gasteiger partial charge in [0, 0.05) is 6.42 Å². The van der Waals surface area contributed by atoms with Gasteiger partial charge >= 0.3 is 0 Å². The maximum absolute atomic E-state index is 8.49. The summed E-state index contributed by atoms with van der Waals surface area (Å²) in [5, 5.41) is 8.49. The number of nitrogens with zero attached hydrogens (tertiary/aromatic N) is 1. The number of benzene rings is 1. The number of hydrogen-bond acceptors (Lipinski definition) is 2. The van der Waals surface area contributed by atoms with Crippen LogP contribution in [0.1, 0.15) is 11.1 Å². The van der Waals surface area contributed by atoms with Gasteiger partial charge < -0.3 is 5.73 Å². The molecule has 0 aliphatic rings. The van der Waals surface area contributed by atoms with Gasteiger partial charge in [-0.2, -0.15) is 5.26 Å². The van der Waals surface area contributed by atoms with E-state index in [2.05, 4.69) is 6.07 Å². The van der Waals surface area contributed by atoms with Crippen molar-refractivity contribution in [3.63, 3.8) is 0 Å². The van der Waals surface area contributed by atoms with Crippen molar-refractivity contribution in [1.29, 1.82) is 5.26 Å². The summed E-state index contributed by atoms with van der Waals surface area (Å²) in [5.74, 6) is 0. The molecule has 0 aliphatic heterocycles. The van der Waals surface area contributed by atoms with Gasteiger partial charge in [0.05, 0.1) is 12.1 Å². The van der Waals surface area contributed by atoms with Gasteiger partial charge in [-0.05, 0) is 12.5 Å². The van der Waals surface area contributed by atoms with Crippen molar-refractivity contribution in [3.05, 3.63) is 35.4 Å². The first kappa shape index (κ1) is 8.76. The van der Waals surface area contributed by atoms with Crippen LogP contribution in [0.25, 0.3) is 0 Å². The molecule has 0 heterocycles. The molecule has 0 spiro atoms. The van der Waals surface area contributed by atoms with Crippen LogP contribution in [-0.4, -0.2) is 6.04 Å². The first-order chi connectivity index (χ1) is 5.72. The fraction of sp³-hybridized carbons (Fsp3) is 0.300. The lowest BCUT2D eigenvalue weighted by Gasteiger charge is -2.03. The summed E-state index contributed by atoms with van der Waals surface area (Å²) >= 11 is 0. The summed E-state index contributed by atoms with van der Waals surface area (Å²) < 4.78 is 0. The maximum Gasteiger partial charge on any atom is 0.0968 e. The predicted molar refractivity (Wildman–Crippen MR) is 48.5 cm³/mol. The molecular weight excluding hydrogens is 148 g/mol. The maximum atomic E-state index is 8.49. The van der Waals surface area contributed by atoms with Gasteiger partial charge in [0.1, 0.15) is 0 Å². The summed E-state index contributed by atoms with van der Waals surface area (Å²) in [6.45, 7) is 2.03. The Hall–Kier alpha value is -1.33. The molecule has 0 aromatic heterocycles. The van der Waals surface area contributed by atoms with Crippen molar-refractivity contribution in [2.24, 2.45) is 5.73 Å². The fourth-order valence-electron chi connectivity index (χ4n) is 1.14. The third kappa shape index (κ3) is 2.37. The van der Waals surface area contributed by atoms with E-state index in [9.17, 15) is 0 Å². The second-order valence-electron chi connectivity index (χ2n) is 2.93. The Morgan fingerprint density at radius 3 is 2.92 bits per heavy atom. The predicted octanol–water partition coefficient (Wildman–Crippen LogP) is 1.39. The third-order valence-electron chi connectivity index (χ3n) is 1.70. The zero-order valence-electron chi connectivity index (χ0n) is 7.12. The van der Waals surface area contributed by atoms with E-state index in [4.69, 9.17) is 11.0 Å². The molecule has 0 saturated carbocycles. The van der Waals surface area contributed by atoms with Crippen molar-refractivity contribution in [1.82, 2.24) is 0 Å². The first-order valence-electron chi connectivity index (χ1n) is 3.93. The Morgan fingerprint density at radius 2 is 2.33 bits per heavy atom. The van der Waals surface area contributed by atoms with E-state index < -0.39 is 0 Å². The molecule has 0 aliphatic carbocycles. The summed E-state index contributed by atoms with van der Waals surface area (Å²) in [4.78, 5) is 0. The van der Waals surface area contributed by atoms with Crippen LogP contribution in [0.4, 0.5) is 0 Å². The van der Waals surface area contributed by atoms with Gasteiger partial charge in [0.2, 0.25) is 0 Å². The van der Waals surface area contributed by atoms with Crippen molar-refractivity contribution in [3.8, 4) is 6.07 Å². The van der Waals surface area contributed by atoms with E-state index in [1.165, 1.54) is 5.56 Å². The van der Waals surface area contributed by atoms with Crippen molar-refractivity contribution >= 4 is 0 Å². The van der Waals surface area contributed by atoms with Crippen LogP contribution >= 0.6 is 0 Å². The van der Waals surface area contributed by atoms with Crippen molar-refractivity contribution in [2.75, 3.05) is 0 Å². The number of aryl methyl sites for hydroxylation is 1. The Bertz CT molecular complexity index is 299. The summed E-state index contributed by atoms with van der Waals surface area (Å²) in [6.07, 6.45) is 0.637. The lowest BCUT2D eigenvalue weighted by atomic mass is 10.1. The van der Waals surface area contributed by atoms with E-state index in [-0.39, 0.29) is 6.04 Å². The van der Waals surface area contributed by atoms with Crippen LogP contribution in [0.15, 0.2) is 24.3 Å². The molecule has 2 nitrogen and oxygen atoms in total. The molecule has 1 aromatic carbocycles. The van der Waals surface area contributed by atoms with Crippen LogP contribution in [-0.2, 0) is 6.42 Å². The van der Waals surface area contributed by atoms with E-state index in [0.717, 1.165) is 5.56 Å². The zero-order valence-corrected chi connectivity index (χ0v) is 7.12. The second-order valence-corrected chi connectivity index (χ2v) is 2.93. The molecular formula is C10H12N2. The molecule has 0 fully saturated rings. The lowest BCUT2D eigenvalue weighted by Crippen LogP contribution is -2.19. The number of hydrogen-bond donors (Lipinski definition) is 1. The number of nitrogens with two attached hydrogens (primary N) is 1. The van der Waals surface area contributed by atoms with Gasteiger partial charge in [-0.1, -0.05) is 29.8 Å². The topological polar surface area (TPSA) is 49.8 Å². The highest BCUT2D eigenvalue weighted by atomic mass is 14.6. The molecule has 2 N–H and O–H groups in total. The normalized spacial score (nSPS) is 12.1. The average Bonchev–Trinajstić information content (AvgIpc) is 2.04. The fourth-order valence-corrected chi connectivity index (χ4v) is 1.14. The van der Waals surface area contributed by atoms with Crippen LogP contribution in [0, 0.1) is 18.3 Å². The summed E-state index contributed by atoms with van der Waals surface area (Å²) in [5.41, 5.74) is 7.83. The molecule has 1 aromatic rings. The van der Waals surface area contributed by atoms with E-state index >= 15 is 0 Å². The molecule has 0 saturated heterocycles. The molecule has 0 radical (unpaired) electrons. The Balaban J connectivity index is 2.71. The van der Waals surface area contributed by atoms with Crippen LogP contribution in [0.3, 0.4) is 0 Å². The molecule has 1 unspecified atom stereocenters. The largest absolute Gasteiger partial charge is 0.316 e. The van der Waals surface area contributed by atoms with Gasteiger partial charge in [0.25, 0.3) is 0 Å². The van der Waals surface area contributed by atoms with Gasteiger partial charge in [-0.15, -0.1) is 0 Å². The van der Waals surface area contributed by atoms with Gasteiger partial charge in [-0.3, -0.25) is 0 Å². The molecule has 0 amide bonds.